The molecule has 0 aliphatic heterocycles. The molecule has 0 unspecified atom stereocenters. The minimum absolute atomic E-state index is 0.0455. The van der Waals surface area contributed by atoms with E-state index in [2.05, 4.69) is 41.6 Å². The lowest BCUT2D eigenvalue weighted by molar-refractivity contribution is -0.118. The molecule has 0 saturated heterocycles. The largest absolute Gasteiger partial charge is 0.508 e. The second kappa shape index (κ2) is 10.3. The number of hydrogen-bond acceptors (Lipinski definition) is 8. The van der Waals surface area contributed by atoms with Gasteiger partial charge in [-0.15, -0.1) is 10.2 Å². The Kier molecular flexibility index (Phi) is 7.01. The fourth-order valence-corrected chi connectivity index (χ4v) is 3.86. The van der Waals surface area contributed by atoms with Crippen molar-refractivity contribution in [1.82, 2.24) is 25.2 Å². The van der Waals surface area contributed by atoms with Crippen molar-refractivity contribution in [1.29, 1.82) is 0 Å². The monoisotopic (exact) mass is 524 g/mol. The maximum absolute atomic E-state index is 12.3. The third-order valence-electron chi connectivity index (χ3n) is 4.40. The minimum Gasteiger partial charge on any atom is -0.508 e. The first kappa shape index (κ1) is 22.5. The van der Waals surface area contributed by atoms with E-state index in [1.54, 1.807) is 12.4 Å². The van der Waals surface area contributed by atoms with Crippen molar-refractivity contribution in [2.45, 2.75) is 5.16 Å². The van der Waals surface area contributed by atoms with E-state index >= 15 is 0 Å². The van der Waals surface area contributed by atoms with Crippen LogP contribution in [0.15, 0.2) is 81.7 Å². The molecule has 2 aromatic carbocycles. The van der Waals surface area contributed by atoms with Gasteiger partial charge in [0.05, 0.1) is 12.0 Å². The van der Waals surface area contributed by atoms with Crippen LogP contribution in [0.3, 0.4) is 0 Å². The molecule has 0 bridgehead atoms. The number of carbonyl (C=O) groups excluding carboxylic acids is 1. The molecule has 0 aliphatic carbocycles. The molecule has 166 valence electrons. The van der Waals surface area contributed by atoms with Crippen LogP contribution in [-0.2, 0) is 4.79 Å². The van der Waals surface area contributed by atoms with Crippen LogP contribution in [0.5, 0.6) is 11.5 Å². The number of halogens is 1. The van der Waals surface area contributed by atoms with Gasteiger partial charge < -0.3 is 10.2 Å². The zero-order chi connectivity index (χ0) is 23.2. The Morgan fingerprint density at radius 3 is 2.58 bits per heavy atom. The molecular weight excluding hydrogens is 508 g/mol. The maximum Gasteiger partial charge on any atom is 0.250 e. The van der Waals surface area contributed by atoms with Crippen LogP contribution in [0.2, 0.25) is 0 Å². The molecule has 4 aromatic rings. The van der Waals surface area contributed by atoms with Crippen LogP contribution in [0.25, 0.3) is 17.1 Å². The first-order valence-corrected chi connectivity index (χ1v) is 11.4. The number of phenolic OH excluding ortho intramolecular Hbond substituents is 2. The average molecular weight is 525 g/mol. The molecule has 0 aliphatic rings. The number of pyridine rings is 1. The lowest BCUT2D eigenvalue weighted by Crippen LogP contribution is -2.20. The number of carbonyl (C=O) groups is 1. The van der Waals surface area contributed by atoms with Crippen LogP contribution in [0.4, 0.5) is 0 Å². The summed E-state index contributed by atoms with van der Waals surface area (Å²) in [7, 11) is 0. The highest BCUT2D eigenvalue weighted by Crippen LogP contribution is 2.28. The van der Waals surface area contributed by atoms with E-state index in [1.807, 2.05) is 41.0 Å². The van der Waals surface area contributed by atoms with Gasteiger partial charge in [0.1, 0.15) is 11.5 Å². The van der Waals surface area contributed by atoms with E-state index < -0.39 is 0 Å². The van der Waals surface area contributed by atoms with E-state index in [0.29, 0.717) is 16.5 Å². The van der Waals surface area contributed by atoms with Gasteiger partial charge in [-0.2, -0.15) is 5.10 Å². The van der Waals surface area contributed by atoms with Crippen molar-refractivity contribution < 1.29 is 15.0 Å². The average Bonchev–Trinajstić information content (AvgIpc) is 3.24. The van der Waals surface area contributed by atoms with Gasteiger partial charge in [0.25, 0.3) is 5.91 Å². The molecule has 2 heterocycles. The van der Waals surface area contributed by atoms with Gasteiger partial charge in [-0.3, -0.25) is 14.3 Å². The number of phenols is 2. The Bertz CT molecular complexity index is 1300. The topological polar surface area (TPSA) is 126 Å². The van der Waals surface area contributed by atoms with Gasteiger partial charge in [-0.25, -0.2) is 5.43 Å². The van der Waals surface area contributed by atoms with E-state index in [4.69, 9.17) is 0 Å². The summed E-state index contributed by atoms with van der Waals surface area (Å²) in [4.78, 5) is 16.3. The third-order valence-corrected chi connectivity index (χ3v) is 5.85. The zero-order valence-corrected chi connectivity index (χ0v) is 19.4. The number of nitrogens with zero attached hydrogens (tertiary/aromatic N) is 5. The summed E-state index contributed by atoms with van der Waals surface area (Å²) < 4.78 is 2.81. The summed E-state index contributed by atoms with van der Waals surface area (Å²) in [6.45, 7) is 0. The Hall–Kier alpha value is -3.70. The summed E-state index contributed by atoms with van der Waals surface area (Å²) in [6, 6.07) is 15.5. The van der Waals surface area contributed by atoms with Gasteiger partial charge in [0, 0.05) is 39.7 Å². The standard InChI is InChI=1S/C22H17BrN6O3S/c23-16-2-4-17(5-3-16)29-21(14-7-9-24-10-8-14)27-28-22(29)33-13-20(32)26-25-12-15-1-6-18(30)11-19(15)31/h1-12,30-31H,13H2,(H,26,32)/b25-12+. The third kappa shape index (κ3) is 5.57. The van der Waals surface area contributed by atoms with Crippen molar-refractivity contribution in [2.24, 2.45) is 5.10 Å². The zero-order valence-electron chi connectivity index (χ0n) is 17.0. The molecule has 0 spiro atoms. The number of aromatic hydroxyl groups is 2. The molecule has 4 rings (SSSR count). The molecule has 0 radical (unpaired) electrons. The molecule has 3 N–H and O–H groups in total. The van der Waals surface area contributed by atoms with E-state index in [0.717, 1.165) is 15.7 Å². The SMILES string of the molecule is O=C(CSc1nnc(-c2ccncc2)n1-c1ccc(Br)cc1)N/N=C/c1ccc(O)cc1O. The van der Waals surface area contributed by atoms with E-state index in [-0.39, 0.29) is 23.2 Å². The van der Waals surface area contributed by atoms with Gasteiger partial charge >= 0.3 is 0 Å². The van der Waals surface area contributed by atoms with Gasteiger partial charge in [-0.05, 0) is 48.5 Å². The molecule has 2 aromatic heterocycles. The molecule has 1 amide bonds. The number of nitrogens with one attached hydrogen (secondary N) is 1. The smallest absolute Gasteiger partial charge is 0.250 e. The predicted molar refractivity (Wildman–Crippen MR) is 129 cm³/mol. The summed E-state index contributed by atoms with van der Waals surface area (Å²) in [6.07, 6.45) is 4.66. The molecule has 0 saturated carbocycles. The lowest BCUT2D eigenvalue weighted by atomic mass is 10.2. The summed E-state index contributed by atoms with van der Waals surface area (Å²) >= 11 is 4.66. The van der Waals surface area contributed by atoms with Crippen LogP contribution in [-0.4, -0.2) is 47.8 Å². The first-order chi connectivity index (χ1) is 16.0. The van der Waals surface area contributed by atoms with Gasteiger partial charge in [0.15, 0.2) is 11.0 Å². The molecule has 9 nitrogen and oxygen atoms in total. The second-order valence-electron chi connectivity index (χ2n) is 6.68. The number of thioether (sulfide) groups is 1. The summed E-state index contributed by atoms with van der Waals surface area (Å²) in [5.41, 5.74) is 4.46. The molecular formula is C22H17BrN6O3S. The first-order valence-electron chi connectivity index (χ1n) is 9.60. The second-order valence-corrected chi connectivity index (χ2v) is 8.54. The quantitative estimate of drug-likeness (QED) is 0.191. The highest BCUT2D eigenvalue weighted by molar-refractivity contribution is 9.10. The Balaban J connectivity index is 1.49. The Morgan fingerprint density at radius 2 is 1.85 bits per heavy atom. The van der Waals surface area contributed by atoms with Crippen LogP contribution >= 0.6 is 27.7 Å². The minimum atomic E-state index is -0.356. The highest BCUT2D eigenvalue weighted by atomic mass is 79.9. The number of amides is 1. The fraction of sp³-hybridized carbons (Fsp3) is 0.0455. The number of aromatic nitrogens is 4. The van der Waals surface area contributed by atoms with Crippen LogP contribution in [0.1, 0.15) is 5.56 Å². The lowest BCUT2D eigenvalue weighted by Gasteiger charge is -2.10. The molecule has 11 heteroatoms. The normalized spacial score (nSPS) is 11.1. The van der Waals surface area contributed by atoms with Crippen molar-refractivity contribution >= 4 is 39.8 Å². The van der Waals surface area contributed by atoms with Gasteiger partial charge in [-0.1, -0.05) is 27.7 Å². The summed E-state index contributed by atoms with van der Waals surface area (Å²) in [5, 5.41) is 32.1. The number of rotatable bonds is 7. The number of hydrazone groups is 1. The summed E-state index contributed by atoms with van der Waals surface area (Å²) in [5.74, 6) is 0.109. The van der Waals surface area contributed by atoms with E-state index in [1.165, 1.54) is 36.2 Å². The molecule has 0 atom stereocenters. The van der Waals surface area contributed by atoms with Crippen molar-refractivity contribution in [2.75, 3.05) is 5.75 Å². The molecule has 33 heavy (non-hydrogen) atoms. The van der Waals surface area contributed by atoms with Crippen LogP contribution < -0.4 is 5.43 Å². The molecule has 0 fully saturated rings. The van der Waals surface area contributed by atoms with Crippen LogP contribution in [0, 0.1) is 0 Å². The van der Waals surface area contributed by atoms with E-state index in [9.17, 15) is 15.0 Å². The van der Waals surface area contributed by atoms with Gasteiger partial charge in [0.2, 0.25) is 0 Å². The number of benzene rings is 2. The predicted octanol–water partition coefficient (Wildman–Crippen LogP) is 3.75. The Morgan fingerprint density at radius 1 is 1.09 bits per heavy atom. The fourth-order valence-electron chi connectivity index (χ4n) is 2.85. The Labute approximate surface area is 201 Å². The van der Waals surface area contributed by atoms with Crippen molar-refractivity contribution in [3.8, 4) is 28.6 Å². The van der Waals surface area contributed by atoms with Crippen molar-refractivity contribution in [3.63, 3.8) is 0 Å². The van der Waals surface area contributed by atoms with Crippen molar-refractivity contribution in [3.05, 3.63) is 77.0 Å². The number of hydrogen-bond donors (Lipinski definition) is 3. The highest BCUT2D eigenvalue weighted by Gasteiger charge is 2.17. The maximum atomic E-state index is 12.3.